The van der Waals surface area contributed by atoms with E-state index in [1.807, 2.05) is 13.0 Å². The zero-order valence-corrected chi connectivity index (χ0v) is 11.7. The van der Waals surface area contributed by atoms with Gasteiger partial charge in [0.2, 0.25) is 0 Å². The fraction of sp³-hybridized carbons (Fsp3) is 0.250. The zero-order chi connectivity index (χ0) is 15.0. The molecule has 5 heteroatoms. The van der Waals surface area contributed by atoms with Gasteiger partial charge in [0.15, 0.2) is 0 Å². The van der Waals surface area contributed by atoms with E-state index in [0.29, 0.717) is 11.1 Å². The fourth-order valence-corrected chi connectivity index (χ4v) is 2.71. The molecule has 21 heavy (non-hydrogen) atoms. The van der Waals surface area contributed by atoms with Gasteiger partial charge in [-0.05, 0) is 30.8 Å². The number of nitrogens with one attached hydrogen (secondary N) is 1. The average Bonchev–Trinajstić information content (AvgIpc) is 2.74. The van der Waals surface area contributed by atoms with Crippen molar-refractivity contribution in [1.29, 1.82) is 0 Å². The molecule has 5 nitrogen and oxygen atoms in total. The molecule has 0 aliphatic carbocycles. The van der Waals surface area contributed by atoms with Gasteiger partial charge in [-0.3, -0.25) is 14.5 Å². The molecule has 1 aromatic carbocycles. The summed E-state index contributed by atoms with van der Waals surface area (Å²) in [4.78, 5) is 26.1. The van der Waals surface area contributed by atoms with Gasteiger partial charge in [0.1, 0.15) is 6.23 Å². The quantitative estimate of drug-likeness (QED) is 0.678. The Balaban J connectivity index is 1.88. The Kier molecular flexibility index (Phi) is 3.35. The number of carbonyl (C=O) groups excluding carboxylic acids is 2. The molecule has 2 heterocycles. The summed E-state index contributed by atoms with van der Waals surface area (Å²) in [6.07, 6.45) is 3.20. The number of imide groups is 1. The van der Waals surface area contributed by atoms with Crippen LogP contribution >= 0.6 is 0 Å². The number of fused-ring (bicyclic) bond motifs is 1. The van der Waals surface area contributed by atoms with Crippen LogP contribution in [0.15, 0.2) is 48.7 Å². The third-order valence-corrected chi connectivity index (χ3v) is 3.73. The number of ether oxygens (including phenoxy) is 1. The van der Waals surface area contributed by atoms with Crippen LogP contribution < -0.4 is 5.32 Å². The first-order valence-electron chi connectivity index (χ1n) is 6.77. The van der Waals surface area contributed by atoms with Gasteiger partial charge in [0, 0.05) is 0 Å². The minimum Gasteiger partial charge on any atom is -0.363 e. The topological polar surface area (TPSA) is 58.6 Å². The lowest BCUT2D eigenvalue weighted by Crippen LogP contribution is -2.46. The molecule has 0 radical (unpaired) electrons. The monoisotopic (exact) mass is 284 g/mol. The highest BCUT2D eigenvalue weighted by molar-refractivity contribution is 6.21. The van der Waals surface area contributed by atoms with E-state index in [2.05, 4.69) is 11.9 Å². The molecule has 0 bridgehead atoms. The Labute approximate surface area is 122 Å². The molecule has 3 rings (SSSR count). The first kappa shape index (κ1) is 13.6. The van der Waals surface area contributed by atoms with Gasteiger partial charge in [-0.2, -0.15) is 0 Å². The molecule has 0 saturated carbocycles. The number of amides is 2. The molecule has 2 amide bonds. The van der Waals surface area contributed by atoms with Crippen LogP contribution in [-0.4, -0.2) is 35.6 Å². The second-order valence-corrected chi connectivity index (χ2v) is 5.09. The third-order valence-electron chi connectivity index (χ3n) is 3.73. The predicted molar refractivity (Wildman–Crippen MR) is 77.6 cm³/mol. The molecular formula is C16H16N2O3. The maximum atomic E-state index is 12.4. The van der Waals surface area contributed by atoms with E-state index in [-0.39, 0.29) is 30.7 Å². The summed E-state index contributed by atoms with van der Waals surface area (Å²) in [6, 6.07) is 6.50. The van der Waals surface area contributed by atoms with E-state index in [1.165, 1.54) is 4.90 Å². The van der Waals surface area contributed by atoms with Crippen molar-refractivity contribution in [3.8, 4) is 0 Å². The average molecular weight is 284 g/mol. The molecule has 0 aromatic heterocycles. The second kappa shape index (κ2) is 5.18. The number of benzene rings is 1. The van der Waals surface area contributed by atoms with Gasteiger partial charge in [-0.25, -0.2) is 0 Å². The molecule has 1 aromatic rings. The van der Waals surface area contributed by atoms with Gasteiger partial charge in [0.25, 0.3) is 11.8 Å². The summed E-state index contributed by atoms with van der Waals surface area (Å²) in [5, 5.41) is 2.97. The van der Waals surface area contributed by atoms with E-state index in [0.717, 1.165) is 5.57 Å². The normalized spacial score (nSPS) is 24.6. The van der Waals surface area contributed by atoms with Crippen LogP contribution in [0, 0.1) is 0 Å². The lowest BCUT2D eigenvalue weighted by molar-refractivity contribution is 0.0162. The first-order valence-corrected chi connectivity index (χ1v) is 6.77. The summed E-state index contributed by atoms with van der Waals surface area (Å²) in [7, 11) is 0. The molecule has 108 valence electrons. The van der Waals surface area contributed by atoms with Crippen LogP contribution in [0.4, 0.5) is 0 Å². The van der Waals surface area contributed by atoms with Gasteiger partial charge < -0.3 is 10.1 Å². The van der Waals surface area contributed by atoms with Gasteiger partial charge in [0.05, 0.1) is 23.8 Å². The largest absolute Gasteiger partial charge is 0.363 e. The predicted octanol–water partition coefficient (Wildman–Crippen LogP) is 1.69. The highest BCUT2D eigenvalue weighted by atomic mass is 16.5. The Morgan fingerprint density at radius 3 is 2.43 bits per heavy atom. The van der Waals surface area contributed by atoms with Gasteiger partial charge in [-0.15, -0.1) is 0 Å². The summed E-state index contributed by atoms with van der Waals surface area (Å²) in [5.41, 5.74) is 1.84. The van der Waals surface area contributed by atoms with Crippen molar-refractivity contribution in [3.63, 3.8) is 0 Å². The third kappa shape index (κ3) is 2.15. The minimum absolute atomic E-state index is 0.256. The Morgan fingerprint density at radius 1 is 1.29 bits per heavy atom. The van der Waals surface area contributed by atoms with Crippen LogP contribution in [0.5, 0.6) is 0 Å². The number of hydrogen-bond donors (Lipinski definition) is 1. The smallest absolute Gasteiger partial charge is 0.262 e. The van der Waals surface area contributed by atoms with Crippen molar-refractivity contribution >= 4 is 11.8 Å². The molecule has 2 atom stereocenters. The molecule has 2 aliphatic heterocycles. The Hall–Kier alpha value is -2.40. The summed E-state index contributed by atoms with van der Waals surface area (Å²) in [5.74, 6) is -0.522. The lowest BCUT2D eigenvalue weighted by Gasteiger charge is -2.32. The van der Waals surface area contributed by atoms with E-state index in [1.54, 1.807) is 30.5 Å². The minimum atomic E-state index is -0.375. The lowest BCUT2D eigenvalue weighted by atomic mass is 10.1. The first-order chi connectivity index (χ1) is 10.1. The molecule has 2 unspecified atom stereocenters. The SMILES string of the molecule is C=CNC1OCC(N2C(=O)c3ccccc3C2=O)C=C1C. The van der Waals surface area contributed by atoms with Crippen molar-refractivity contribution in [1.82, 2.24) is 10.2 Å². The second-order valence-electron chi connectivity index (χ2n) is 5.09. The van der Waals surface area contributed by atoms with Gasteiger partial charge >= 0.3 is 0 Å². The van der Waals surface area contributed by atoms with Crippen LogP contribution in [0.25, 0.3) is 0 Å². The van der Waals surface area contributed by atoms with Crippen molar-refractivity contribution < 1.29 is 14.3 Å². The van der Waals surface area contributed by atoms with E-state index in [4.69, 9.17) is 4.74 Å². The molecule has 0 spiro atoms. The van der Waals surface area contributed by atoms with Gasteiger partial charge in [-0.1, -0.05) is 24.8 Å². The molecule has 2 aliphatic rings. The maximum Gasteiger partial charge on any atom is 0.262 e. The number of hydrogen-bond acceptors (Lipinski definition) is 4. The van der Waals surface area contributed by atoms with Crippen molar-refractivity contribution in [2.75, 3.05) is 6.61 Å². The molecular weight excluding hydrogens is 268 g/mol. The van der Waals surface area contributed by atoms with Crippen molar-refractivity contribution in [2.24, 2.45) is 0 Å². The zero-order valence-electron chi connectivity index (χ0n) is 11.7. The summed E-state index contributed by atoms with van der Waals surface area (Å²) in [6.45, 7) is 5.77. The highest BCUT2D eigenvalue weighted by Gasteiger charge is 2.40. The van der Waals surface area contributed by atoms with Crippen LogP contribution in [0.3, 0.4) is 0 Å². The number of rotatable bonds is 3. The van der Waals surface area contributed by atoms with E-state index >= 15 is 0 Å². The van der Waals surface area contributed by atoms with E-state index < -0.39 is 0 Å². The van der Waals surface area contributed by atoms with Crippen LogP contribution in [-0.2, 0) is 4.74 Å². The summed E-state index contributed by atoms with van der Waals surface area (Å²) < 4.78 is 5.65. The van der Waals surface area contributed by atoms with Crippen LogP contribution in [0.2, 0.25) is 0 Å². The standard InChI is InChI=1S/C16H16N2O3/c1-3-17-14-10(2)8-11(9-21-14)18-15(19)12-6-4-5-7-13(12)16(18)20/h3-8,11,14,17H,1,9H2,2H3. The van der Waals surface area contributed by atoms with Crippen molar-refractivity contribution in [3.05, 3.63) is 59.8 Å². The molecule has 0 fully saturated rings. The highest BCUT2D eigenvalue weighted by Crippen LogP contribution is 2.27. The Bertz CT molecular complexity index is 616. The van der Waals surface area contributed by atoms with Crippen molar-refractivity contribution in [2.45, 2.75) is 19.2 Å². The summed E-state index contributed by atoms with van der Waals surface area (Å²) >= 11 is 0. The van der Waals surface area contributed by atoms with E-state index in [9.17, 15) is 9.59 Å². The fourth-order valence-electron chi connectivity index (χ4n) is 2.71. The maximum absolute atomic E-state index is 12.4. The molecule has 0 saturated heterocycles. The number of nitrogens with zero attached hydrogens (tertiary/aromatic N) is 1. The number of carbonyl (C=O) groups is 2. The van der Waals surface area contributed by atoms with Crippen LogP contribution in [0.1, 0.15) is 27.6 Å². The molecule has 1 N–H and O–H groups in total. The Morgan fingerprint density at radius 2 is 1.90 bits per heavy atom.